The second-order valence-corrected chi connectivity index (χ2v) is 5.93. The van der Waals surface area contributed by atoms with Crippen molar-refractivity contribution >= 4 is 21.8 Å². The second-order valence-electron chi connectivity index (χ2n) is 5.93. The van der Waals surface area contributed by atoms with Crippen molar-refractivity contribution < 1.29 is 9.84 Å². The lowest BCUT2D eigenvalue weighted by Crippen LogP contribution is -2.26. The topological polar surface area (TPSA) is 61.0 Å². The molecule has 121 valence electrons. The Morgan fingerprint density at radius 2 is 1.83 bits per heavy atom. The van der Waals surface area contributed by atoms with Gasteiger partial charge in [0.1, 0.15) is 0 Å². The van der Waals surface area contributed by atoms with Crippen LogP contribution < -0.4 is 0 Å². The quantitative estimate of drug-likeness (QED) is 0.526. The van der Waals surface area contributed by atoms with E-state index in [2.05, 4.69) is 22.1 Å². The fourth-order valence-electron chi connectivity index (χ4n) is 3.39. The molecule has 2 heterocycles. The number of ether oxygens (including phenoxy) is 1. The molecule has 2 aromatic heterocycles. The molecule has 0 fully saturated rings. The maximum absolute atomic E-state index is 9.84. The van der Waals surface area contributed by atoms with E-state index in [0.29, 0.717) is 0 Å². The van der Waals surface area contributed by atoms with Gasteiger partial charge in [-0.2, -0.15) is 0 Å². The van der Waals surface area contributed by atoms with Crippen LogP contribution in [-0.2, 0) is 4.74 Å². The first-order chi connectivity index (χ1) is 11.8. The van der Waals surface area contributed by atoms with Gasteiger partial charge in [0.15, 0.2) is 0 Å². The van der Waals surface area contributed by atoms with Crippen LogP contribution in [0.1, 0.15) is 17.2 Å². The van der Waals surface area contributed by atoms with Crippen molar-refractivity contribution in [2.45, 2.75) is 12.0 Å². The van der Waals surface area contributed by atoms with Gasteiger partial charge in [0.2, 0.25) is 0 Å². The normalized spacial score (nSPS) is 14.2. The van der Waals surface area contributed by atoms with Crippen LogP contribution in [0.5, 0.6) is 0 Å². The SMILES string of the molecule is COC(CO)C(c1[c]c2ccccc2[nH]1)c1c[nH]c2ccccc12. The summed E-state index contributed by atoms with van der Waals surface area (Å²) >= 11 is 0. The molecule has 3 N–H and O–H groups in total. The van der Waals surface area contributed by atoms with Gasteiger partial charge < -0.3 is 19.8 Å². The lowest BCUT2D eigenvalue weighted by molar-refractivity contribution is 0.0375. The number of H-pyrrole nitrogens is 2. The molecule has 0 saturated carbocycles. The van der Waals surface area contributed by atoms with Crippen LogP contribution in [0.25, 0.3) is 21.8 Å². The van der Waals surface area contributed by atoms with E-state index in [1.807, 2.05) is 48.7 Å². The van der Waals surface area contributed by atoms with E-state index in [9.17, 15) is 5.11 Å². The number of fused-ring (bicyclic) bond motifs is 2. The third kappa shape index (κ3) is 2.40. The van der Waals surface area contributed by atoms with Crippen LogP contribution in [0.4, 0.5) is 0 Å². The van der Waals surface area contributed by atoms with Gasteiger partial charge in [-0.05, 0) is 17.7 Å². The Balaban J connectivity index is 1.91. The van der Waals surface area contributed by atoms with Crippen molar-refractivity contribution in [1.29, 1.82) is 0 Å². The molecular weight excluding hydrogens is 300 g/mol. The molecule has 0 bridgehead atoms. The summed E-state index contributed by atoms with van der Waals surface area (Å²) in [5.74, 6) is -0.136. The maximum atomic E-state index is 9.84. The summed E-state index contributed by atoms with van der Waals surface area (Å²) in [4.78, 5) is 6.75. The van der Waals surface area contributed by atoms with E-state index in [0.717, 1.165) is 33.1 Å². The highest BCUT2D eigenvalue weighted by molar-refractivity contribution is 5.85. The van der Waals surface area contributed by atoms with Gasteiger partial charge >= 0.3 is 0 Å². The second kappa shape index (κ2) is 6.15. The Morgan fingerprint density at radius 1 is 1.08 bits per heavy atom. The minimum Gasteiger partial charge on any atom is -0.394 e. The molecule has 2 aromatic carbocycles. The van der Waals surface area contributed by atoms with Crippen molar-refractivity contribution in [1.82, 2.24) is 9.97 Å². The van der Waals surface area contributed by atoms with Crippen LogP contribution in [0.15, 0.2) is 54.7 Å². The standard InChI is InChI=1S/C20H19N2O2/c1-24-19(12-23)20(15-11-21-17-9-5-3-7-14(15)17)18-10-13-6-2-4-8-16(13)22-18/h2-9,11,19-23H,12H2,1H3. The van der Waals surface area contributed by atoms with E-state index < -0.39 is 0 Å². The molecule has 4 heteroatoms. The molecule has 1 radical (unpaired) electrons. The zero-order valence-electron chi connectivity index (χ0n) is 13.4. The lowest BCUT2D eigenvalue weighted by atomic mass is 9.90. The molecule has 0 aliphatic heterocycles. The number of benzene rings is 2. The Hall–Kier alpha value is -2.56. The van der Waals surface area contributed by atoms with E-state index in [-0.39, 0.29) is 18.6 Å². The first kappa shape index (κ1) is 15.0. The smallest absolute Gasteiger partial charge is 0.0926 e. The number of hydrogen-bond acceptors (Lipinski definition) is 2. The molecule has 0 amide bonds. The van der Waals surface area contributed by atoms with Crippen molar-refractivity contribution in [3.8, 4) is 0 Å². The van der Waals surface area contributed by atoms with E-state index in [4.69, 9.17) is 4.74 Å². The molecule has 4 rings (SSSR count). The van der Waals surface area contributed by atoms with Crippen LogP contribution in [-0.4, -0.2) is 34.9 Å². The summed E-state index contributed by atoms with van der Waals surface area (Å²) < 4.78 is 5.58. The van der Waals surface area contributed by atoms with Crippen molar-refractivity contribution in [3.63, 3.8) is 0 Å². The van der Waals surface area contributed by atoms with E-state index in [1.54, 1.807) is 7.11 Å². The largest absolute Gasteiger partial charge is 0.394 e. The number of para-hydroxylation sites is 2. The van der Waals surface area contributed by atoms with Crippen LogP contribution in [0.2, 0.25) is 0 Å². The highest BCUT2D eigenvalue weighted by Gasteiger charge is 2.28. The van der Waals surface area contributed by atoms with Crippen LogP contribution >= 0.6 is 0 Å². The van der Waals surface area contributed by atoms with Gasteiger partial charge in [-0.1, -0.05) is 36.4 Å². The molecule has 2 atom stereocenters. The van der Waals surface area contributed by atoms with Crippen LogP contribution in [0.3, 0.4) is 0 Å². The van der Waals surface area contributed by atoms with Gasteiger partial charge in [0.05, 0.1) is 18.6 Å². The molecule has 2 unspecified atom stereocenters. The predicted octanol–water partition coefficient (Wildman–Crippen LogP) is 3.59. The first-order valence-corrected chi connectivity index (χ1v) is 8.01. The zero-order chi connectivity index (χ0) is 16.5. The number of rotatable bonds is 5. The molecule has 24 heavy (non-hydrogen) atoms. The fraction of sp³-hybridized carbons (Fsp3) is 0.200. The van der Waals surface area contributed by atoms with E-state index in [1.165, 1.54) is 0 Å². The molecule has 0 aliphatic carbocycles. The van der Waals surface area contributed by atoms with Crippen LogP contribution in [0, 0.1) is 6.07 Å². The first-order valence-electron chi connectivity index (χ1n) is 8.01. The number of aromatic amines is 2. The minimum absolute atomic E-state index is 0.0656. The summed E-state index contributed by atoms with van der Waals surface area (Å²) in [6.07, 6.45) is 1.64. The van der Waals surface area contributed by atoms with Gasteiger partial charge in [-0.15, -0.1) is 0 Å². The van der Waals surface area contributed by atoms with Gasteiger partial charge in [-0.3, -0.25) is 0 Å². The third-order valence-corrected chi connectivity index (χ3v) is 4.59. The average Bonchev–Trinajstić information content (AvgIpc) is 3.23. The number of aliphatic hydroxyl groups excluding tert-OH is 1. The predicted molar refractivity (Wildman–Crippen MR) is 95.2 cm³/mol. The minimum atomic E-state index is -0.353. The highest BCUT2D eigenvalue weighted by atomic mass is 16.5. The summed E-state index contributed by atoms with van der Waals surface area (Å²) in [5, 5.41) is 12.0. The van der Waals surface area contributed by atoms with Gasteiger partial charge in [-0.25, -0.2) is 0 Å². The molecule has 4 aromatic rings. The number of nitrogens with one attached hydrogen (secondary N) is 2. The lowest BCUT2D eigenvalue weighted by Gasteiger charge is -2.23. The Kier molecular flexibility index (Phi) is 3.84. The van der Waals surface area contributed by atoms with Crippen molar-refractivity contribution in [3.05, 3.63) is 72.1 Å². The van der Waals surface area contributed by atoms with Crippen molar-refractivity contribution in [2.75, 3.05) is 13.7 Å². The number of aromatic nitrogens is 2. The summed E-state index contributed by atoms with van der Waals surface area (Å²) in [6, 6.07) is 19.6. The van der Waals surface area contributed by atoms with E-state index >= 15 is 0 Å². The molecule has 0 spiro atoms. The zero-order valence-corrected chi connectivity index (χ0v) is 13.4. The van der Waals surface area contributed by atoms with Gasteiger partial charge in [0.25, 0.3) is 0 Å². The monoisotopic (exact) mass is 319 g/mol. The Labute approximate surface area is 140 Å². The number of aliphatic hydroxyl groups is 1. The maximum Gasteiger partial charge on any atom is 0.0926 e. The molecular formula is C20H19N2O2. The molecule has 0 aliphatic rings. The molecule has 4 nitrogen and oxygen atoms in total. The molecule has 0 saturated heterocycles. The third-order valence-electron chi connectivity index (χ3n) is 4.59. The number of methoxy groups -OCH3 is 1. The summed E-state index contributed by atoms with van der Waals surface area (Å²) in [5.41, 5.74) is 4.11. The Bertz CT molecular complexity index is 933. The summed E-state index contributed by atoms with van der Waals surface area (Å²) in [7, 11) is 1.63. The number of hydrogen-bond donors (Lipinski definition) is 3. The fourth-order valence-corrected chi connectivity index (χ4v) is 3.39. The van der Waals surface area contributed by atoms with Gasteiger partial charge in [0, 0.05) is 46.9 Å². The highest BCUT2D eigenvalue weighted by Crippen LogP contribution is 2.35. The average molecular weight is 319 g/mol. The Morgan fingerprint density at radius 3 is 2.58 bits per heavy atom. The van der Waals surface area contributed by atoms with Crippen molar-refractivity contribution in [2.24, 2.45) is 0 Å². The summed E-state index contributed by atoms with van der Waals surface area (Å²) in [6.45, 7) is -0.0656.